The van der Waals surface area contributed by atoms with Gasteiger partial charge in [-0.15, -0.1) is 0 Å². The highest BCUT2D eigenvalue weighted by Crippen LogP contribution is 2.25. The van der Waals surface area contributed by atoms with Gasteiger partial charge in [-0.3, -0.25) is 4.79 Å². The molecule has 1 saturated heterocycles. The zero-order valence-corrected chi connectivity index (χ0v) is 12.2. The highest BCUT2D eigenvalue weighted by atomic mass is 32.2. The van der Waals surface area contributed by atoms with E-state index in [0.717, 1.165) is 10.4 Å². The quantitative estimate of drug-likeness (QED) is 0.735. The van der Waals surface area contributed by atoms with Crippen LogP contribution in [0.4, 0.5) is 10.1 Å². The third-order valence-corrected chi connectivity index (χ3v) is 5.16. The van der Waals surface area contributed by atoms with Crippen LogP contribution in [0, 0.1) is 12.7 Å². The normalized spacial score (nSPS) is 20.4. The van der Waals surface area contributed by atoms with Crippen LogP contribution < -0.4 is 11.5 Å². The Hall–Kier alpha value is -1.71. The molecule has 21 heavy (non-hydrogen) atoms. The summed E-state index contributed by atoms with van der Waals surface area (Å²) >= 11 is 0. The second kappa shape index (κ2) is 5.58. The molecular weight excluding hydrogens is 301 g/mol. The number of aryl methyl sites for hydroxylation is 1. The van der Waals surface area contributed by atoms with Crippen molar-refractivity contribution in [2.75, 3.05) is 25.5 Å². The van der Waals surface area contributed by atoms with Gasteiger partial charge >= 0.3 is 0 Å². The Morgan fingerprint density at radius 2 is 2.14 bits per heavy atom. The van der Waals surface area contributed by atoms with Crippen LogP contribution in [0.2, 0.25) is 0 Å². The molecule has 116 valence electrons. The van der Waals surface area contributed by atoms with Gasteiger partial charge in [0.05, 0.1) is 23.8 Å². The fourth-order valence-electron chi connectivity index (χ4n) is 2.15. The highest BCUT2D eigenvalue weighted by Gasteiger charge is 2.37. The van der Waals surface area contributed by atoms with Crippen molar-refractivity contribution >= 4 is 21.6 Å². The average molecular weight is 317 g/mol. The van der Waals surface area contributed by atoms with E-state index in [-0.39, 0.29) is 35.9 Å². The Morgan fingerprint density at radius 3 is 2.71 bits per heavy atom. The molecule has 4 N–H and O–H groups in total. The molecule has 1 aromatic rings. The van der Waals surface area contributed by atoms with Gasteiger partial charge in [-0.2, -0.15) is 4.31 Å². The molecule has 1 unspecified atom stereocenters. The first-order valence-electron chi connectivity index (χ1n) is 6.19. The van der Waals surface area contributed by atoms with Crippen molar-refractivity contribution in [3.8, 4) is 0 Å². The molecule has 1 aliphatic heterocycles. The van der Waals surface area contributed by atoms with Crippen LogP contribution in [0.1, 0.15) is 5.56 Å². The van der Waals surface area contributed by atoms with E-state index in [2.05, 4.69) is 0 Å². The number of morpholine rings is 1. The summed E-state index contributed by atoms with van der Waals surface area (Å²) in [5.41, 5.74) is 10.5. The number of hydrogen-bond acceptors (Lipinski definition) is 5. The molecule has 9 heteroatoms. The van der Waals surface area contributed by atoms with Crippen LogP contribution in [0.5, 0.6) is 0 Å². The maximum atomic E-state index is 13.5. The lowest BCUT2D eigenvalue weighted by atomic mass is 10.2. The number of rotatable bonds is 3. The third kappa shape index (κ3) is 2.85. The highest BCUT2D eigenvalue weighted by molar-refractivity contribution is 7.89. The van der Waals surface area contributed by atoms with E-state index in [1.165, 1.54) is 13.0 Å². The molecule has 0 radical (unpaired) electrons. The molecular formula is C12H16FN3O4S. The van der Waals surface area contributed by atoms with Crippen LogP contribution in [0.3, 0.4) is 0 Å². The van der Waals surface area contributed by atoms with E-state index in [4.69, 9.17) is 16.2 Å². The zero-order chi connectivity index (χ0) is 15.8. The minimum Gasteiger partial charge on any atom is -0.396 e. The summed E-state index contributed by atoms with van der Waals surface area (Å²) in [4.78, 5) is 11.2. The Bertz CT molecular complexity index is 654. The minimum absolute atomic E-state index is 0.00767. The maximum absolute atomic E-state index is 13.5. The number of nitrogen functional groups attached to an aromatic ring is 1. The van der Waals surface area contributed by atoms with E-state index < -0.39 is 27.8 Å². The molecule has 0 spiro atoms. The maximum Gasteiger partial charge on any atom is 0.244 e. The number of primary amides is 1. The van der Waals surface area contributed by atoms with Crippen LogP contribution in [0.25, 0.3) is 0 Å². The number of sulfonamides is 1. The molecule has 1 aromatic carbocycles. The Labute approximate surface area is 121 Å². The third-order valence-electron chi connectivity index (χ3n) is 3.27. The van der Waals surface area contributed by atoms with Gasteiger partial charge in [0.15, 0.2) is 0 Å². The summed E-state index contributed by atoms with van der Waals surface area (Å²) in [5.74, 6) is -1.47. The van der Waals surface area contributed by atoms with Crippen LogP contribution in [-0.2, 0) is 19.6 Å². The predicted octanol–water partition coefficient (Wildman–Crippen LogP) is -0.409. The van der Waals surface area contributed by atoms with Gasteiger partial charge in [0.25, 0.3) is 0 Å². The van der Waals surface area contributed by atoms with Crippen molar-refractivity contribution in [2.45, 2.75) is 17.9 Å². The van der Waals surface area contributed by atoms with Crippen molar-refractivity contribution in [3.05, 3.63) is 23.5 Å². The average Bonchev–Trinajstić information content (AvgIpc) is 2.44. The number of nitrogens with two attached hydrogens (primary N) is 2. The number of carbonyl (C=O) groups excluding carboxylic acids is 1. The fraction of sp³-hybridized carbons (Fsp3) is 0.417. The topological polar surface area (TPSA) is 116 Å². The van der Waals surface area contributed by atoms with Crippen LogP contribution in [0.15, 0.2) is 17.0 Å². The summed E-state index contributed by atoms with van der Waals surface area (Å²) in [6.07, 6.45) is 0. The van der Waals surface area contributed by atoms with E-state index in [1.807, 2.05) is 0 Å². The first-order chi connectivity index (χ1) is 9.75. The minimum atomic E-state index is -4.01. The van der Waals surface area contributed by atoms with Gasteiger partial charge in [-0.1, -0.05) is 0 Å². The second-order valence-corrected chi connectivity index (χ2v) is 6.64. The molecule has 7 nitrogen and oxygen atoms in total. The molecule has 0 aromatic heterocycles. The largest absolute Gasteiger partial charge is 0.396 e. The van der Waals surface area contributed by atoms with E-state index in [9.17, 15) is 17.6 Å². The van der Waals surface area contributed by atoms with Crippen LogP contribution in [-0.4, -0.2) is 44.4 Å². The molecule has 0 aliphatic carbocycles. The molecule has 1 amide bonds. The van der Waals surface area contributed by atoms with Crippen molar-refractivity contribution in [1.29, 1.82) is 0 Å². The smallest absolute Gasteiger partial charge is 0.244 e. The lowest BCUT2D eigenvalue weighted by molar-refractivity contribution is -0.125. The van der Waals surface area contributed by atoms with E-state index in [1.54, 1.807) is 0 Å². The zero-order valence-electron chi connectivity index (χ0n) is 11.4. The molecule has 2 rings (SSSR count). The SMILES string of the molecule is Cc1cc(S(=O)(=O)N2CCOCC2C(N)=O)cc(N)c1F. The van der Waals surface area contributed by atoms with Crippen LogP contribution >= 0.6 is 0 Å². The Kier molecular flexibility index (Phi) is 4.17. The van der Waals surface area contributed by atoms with Crippen molar-refractivity contribution in [3.63, 3.8) is 0 Å². The van der Waals surface area contributed by atoms with E-state index >= 15 is 0 Å². The second-order valence-electron chi connectivity index (χ2n) is 4.75. The Balaban J connectivity index is 2.48. The van der Waals surface area contributed by atoms with Gasteiger partial charge in [0, 0.05) is 6.54 Å². The van der Waals surface area contributed by atoms with Crippen molar-refractivity contribution in [2.24, 2.45) is 5.73 Å². The number of carbonyl (C=O) groups is 1. The number of halogens is 1. The number of nitrogens with zero attached hydrogens (tertiary/aromatic N) is 1. The first kappa shape index (κ1) is 15.7. The molecule has 1 fully saturated rings. The molecule has 1 atom stereocenters. The number of anilines is 1. The van der Waals surface area contributed by atoms with Crippen molar-refractivity contribution in [1.82, 2.24) is 4.31 Å². The molecule has 1 heterocycles. The number of benzene rings is 1. The monoisotopic (exact) mass is 317 g/mol. The Morgan fingerprint density at radius 1 is 1.48 bits per heavy atom. The summed E-state index contributed by atoms with van der Waals surface area (Å²) in [5, 5.41) is 0. The lowest BCUT2D eigenvalue weighted by Gasteiger charge is -2.32. The molecule has 1 aliphatic rings. The summed E-state index contributed by atoms with van der Waals surface area (Å²) in [6.45, 7) is 1.45. The fourth-order valence-corrected chi connectivity index (χ4v) is 3.83. The summed E-state index contributed by atoms with van der Waals surface area (Å²) in [6, 6.07) is 1.12. The number of ether oxygens (including phenoxy) is 1. The number of hydrogen-bond donors (Lipinski definition) is 2. The molecule has 0 saturated carbocycles. The van der Waals surface area contributed by atoms with Gasteiger partial charge in [0.1, 0.15) is 11.9 Å². The predicted molar refractivity (Wildman–Crippen MR) is 73.2 cm³/mol. The van der Waals surface area contributed by atoms with Gasteiger partial charge in [-0.05, 0) is 24.6 Å². The standard InChI is InChI=1S/C12H16FN3O4S/c1-7-4-8(5-9(14)11(7)13)21(18,19)16-2-3-20-6-10(16)12(15)17/h4-5,10H,2-3,6,14H2,1H3,(H2,15,17). The lowest BCUT2D eigenvalue weighted by Crippen LogP contribution is -2.54. The van der Waals surface area contributed by atoms with Gasteiger partial charge < -0.3 is 16.2 Å². The van der Waals surface area contributed by atoms with Gasteiger partial charge in [0.2, 0.25) is 15.9 Å². The first-order valence-corrected chi connectivity index (χ1v) is 7.63. The van der Waals surface area contributed by atoms with Gasteiger partial charge in [-0.25, -0.2) is 12.8 Å². The van der Waals surface area contributed by atoms with Crippen molar-refractivity contribution < 1.29 is 22.3 Å². The summed E-state index contributed by atoms with van der Waals surface area (Å²) in [7, 11) is -4.01. The number of amides is 1. The summed E-state index contributed by atoms with van der Waals surface area (Å²) < 4.78 is 44.8. The molecule has 0 bridgehead atoms. The van der Waals surface area contributed by atoms with E-state index in [0.29, 0.717) is 0 Å².